The van der Waals surface area contributed by atoms with Crippen molar-refractivity contribution in [1.82, 2.24) is 5.32 Å². The summed E-state index contributed by atoms with van der Waals surface area (Å²) in [7, 11) is -2.82. The van der Waals surface area contributed by atoms with Crippen molar-refractivity contribution in [3.8, 4) is 5.75 Å². The fourth-order valence-corrected chi connectivity index (χ4v) is 4.32. The molecule has 0 bridgehead atoms. The fourth-order valence-electron chi connectivity index (χ4n) is 4.00. The molecule has 174 valence electrons. The Morgan fingerprint density at radius 2 is 1.84 bits per heavy atom. The molecule has 2 aromatic rings. The summed E-state index contributed by atoms with van der Waals surface area (Å²) in [4.78, 5) is 8.69. The highest BCUT2D eigenvalue weighted by Gasteiger charge is 2.13. The number of ether oxygens (including phenoxy) is 1. The van der Waals surface area contributed by atoms with Crippen LogP contribution in [0.4, 0.5) is 0 Å². The zero-order valence-corrected chi connectivity index (χ0v) is 19.9. The minimum atomic E-state index is -2.82. The molecule has 32 heavy (non-hydrogen) atoms. The van der Waals surface area contributed by atoms with Gasteiger partial charge >= 0.3 is 8.25 Å². The van der Waals surface area contributed by atoms with Gasteiger partial charge in [0.1, 0.15) is 5.75 Å². The largest absolute Gasteiger partial charge is 0.493 e. The molecule has 1 unspecified atom stereocenters. The Balaban J connectivity index is 1.44. The second-order valence-electron chi connectivity index (χ2n) is 8.24. The third-order valence-electron chi connectivity index (χ3n) is 5.69. The van der Waals surface area contributed by atoms with Crippen LogP contribution in [0.25, 0.3) is 5.57 Å². The van der Waals surface area contributed by atoms with Crippen molar-refractivity contribution in [3.63, 3.8) is 0 Å². The highest BCUT2D eigenvalue weighted by atomic mass is 31.1. The summed E-state index contributed by atoms with van der Waals surface area (Å²) >= 11 is 0. The lowest BCUT2D eigenvalue weighted by Crippen LogP contribution is -2.16. The topological polar surface area (TPSA) is 67.8 Å². The third-order valence-corrected chi connectivity index (χ3v) is 6.14. The van der Waals surface area contributed by atoms with Crippen LogP contribution in [0.2, 0.25) is 0 Å². The smallest absolute Gasteiger partial charge is 0.316 e. The Morgan fingerprint density at radius 3 is 2.62 bits per heavy atom. The molecule has 0 saturated heterocycles. The van der Waals surface area contributed by atoms with Gasteiger partial charge in [-0.1, -0.05) is 42.5 Å². The summed E-state index contributed by atoms with van der Waals surface area (Å²) in [5, 5.41) is 3.38. The van der Waals surface area contributed by atoms with Gasteiger partial charge in [-0.25, -0.2) is 0 Å². The first-order chi connectivity index (χ1) is 15.7. The number of nitrogens with one attached hydrogen (secondary N) is 1. The summed E-state index contributed by atoms with van der Waals surface area (Å²) in [5.41, 5.74) is 5.25. The molecule has 3 rings (SSSR count). The van der Waals surface area contributed by atoms with Gasteiger partial charge in [0, 0.05) is 12.1 Å². The van der Waals surface area contributed by atoms with Gasteiger partial charge in [0.2, 0.25) is 0 Å². The molecular weight excluding hydrogens is 421 g/mol. The van der Waals surface area contributed by atoms with Gasteiger partial charge in [-0.3, -0.25) is 4.57 Å². The van der Waals surface area contributed by atoms with E-state index in [9.17, 15) is 4.57 Å². The molecule has 1 aliphatic carbocycles. The van der Waals surface area contributed by atoms with E-state index in [0.717, 1.165) is 51.1 Å². The molecule has 1 atom stereocenters. The van der Waals surface area contributed by atoms with Gasteiger partial charge in [0.15, 0.2) is 0 Å². The van der Waals surface area contributed by atoms with Crippen LogP contribution in [0.5, 0.6) is 5.75 Å². The van der Waals surface area contributed by atoms with E-state index in [1.807, 2.05) is 0 Å². The van der Waals surface area contributed by atoms with E-state index in [2.05, 4.69) is 59.9 Å². The molecule has 0 heterocycles. The molecule has 2 aromatic carbocycles. The van der Waals surface area contributed by atoms with Crippen LogP contribution in [0, 0.1) is 0 Å². The maximum atomic E-state index is 10.6. The van der Waals surface area contributed by atoms with Crippen LogP contribution in [0.3, 0.4) is 0 Å². The monoisotopic (exact) mass is 457 g/mol. The van der Waals surface area contributed by atoms with E-state index in [1.54, 1.807) is 0 Å². The Hall–Kier alpha value is -1.91. The van der Waals surface area contributed by atoms with E-state index in [4.69, 9.17) is 14.2 Å². The number of benzene rings is 2. The van der Waals surface area contributed by atoms with Crippen molar-refractivity contribution in [2.45, 2.75) is 57.9 Å². The number of unbranched alkanes of at least 4 members (excludes halogenated alkanes) is 2. The number of hydrogen-bond donors (Lipinski definition) is 2. The minimum absolute atomic E-state index is 0.303. The highest BCUT2D eigenvalue weighted by molar-refractivity contribution is 7.32. The van der Waals surface area contributed by atoms with E-state index >= 15 is 0 Å². The van der Waals surface area contributed by atoms with E-state index in [1.165, 1.54) is 41.5 Å². The Labute approximate surface area is 192 Å². The molecule has 2 N–H and O–H groups in total. The van der Waals surface area contributed by atoms with Crippen molar-refractivity contribution in [3.05, 3.63) is 71.3 Å². The third kappa shape index (κ3) is 8.91. The van der Waals surface area contributed by atoms with Gasteiger partial charge in [-0.15, -0.1) is 0 Å². The second-order valence-corrected chi connectivity index (χ2v) is 9.06. The first kappa shape index (κ1) is 24.7. The van der Waals surface area contributed by atoms with Crippen LogP contribution < -0.4 is 10.1 Å². The minimum Gasteiger partial charge on any atom is -0.493 e. The summed E-state index contributed by atoms with van der Waals surface area (Å²) in [6, 6.07) is 17.1. The van der Waals surface area contributed by atoms with Gasteiger partial charge in [-0.2, -0.15) is 0 Å². The molecule has 1 aliphatic rings. The number of hydrogen-bond acceptors (Lipinski definition) is 4. The van der Waals surface area contributed by atoms with Crippen LogP contribution in [0.1, 0.15) is 61.6 Å². The Bertz CT molecular complexity index is 869. The van der Waals surface area contributed by atoms with E-state index in [-0.39, 0.29) is 0 Å². The van der Waals surface area contributed by atoms with Crippen molar-refractivity contribution >= 4 is 13.8 Å². The van der Waals surface area contributed by atoms with Crippen LogP contribution >= 0.6 is 8.25 Å². The maximum Gasteiger partial charge on any atom is 0.316 e. The van der Waals surface area contributed by atoms with E-state index in [0.29, 0.717) is 13.0 Å². The zero-order chi connectivity index (χ0) is 22.4. The van der Waals surface area contributed by atoms with Crippen LogP contribution in [0.15, 0.2) is 54.6 Å². The number of rotatable bonds is 15. The average molecular weight is 458 g/mol. The lowest BCUT2D eigenvalue weighted by molar-refractivity contribution is 0.276. The number of aryl methyl sites for hydroxylation is 1. The van der Waals surface area contributed by atoms with Crippen molar-refractivity contribution in [2.24, 2.45) is 0 Å². The summed E-state index contributed by atoms with van der Waals surface area (Å²) in [6.45, 7) is 2.56. The van der Waals surface area contributed by atoms with E-state index < -0.39 is 8.25 Å². The van der Waals surface area contributed by atoms with Crippen molar-refractivity contribution < 1.29 is 18.7 Å². The summed E-state index contributed by atoms with van der Waals surface area (Å²) in [5.74, 6) is 0.992. The molecule has 0 amide bonds. The summed E-state index contributed by atoms with van der Waals surface area (Å²) in [6.07, 6.45) is 11.1. The van der Waals surface area contributed by atoms with Crippen molar-refractivity contribution in [1.29, 1.82) is 0 Å². The fraction of sp³-hybridized carbons (Fsp3) is 0.462. The zero-order valence-electron chi connectivity index (χ0n) is 18.9. The van der Waals surface area contributed by atoms with Gasteiger partial charge in [0.25, 0.3) is 0 Å². The molecule has 0 spiro atoms. The first-order valence-electron chi connectivity index (χ1n) is 11.8. The summed E-state index contributed by atoms with van der Waals surface area (Å²) < 4.78 is 21.5. The predicted molar refractivity (Wildman–Crippen MR) is 131 cm³/mol. The molecule has 0 radical (unpaired) electrons. The van der Waals surface area contributed by atoms with Gasteiger partial charge in [-0.05, 0) is 86.7 Å². The number of allylic oxidation sites excluding steroid dienone is 2. The molecule has 5 nitrogen and oxygen atoms in total. The quantitative estimate of drug-likeness (QED) is 0.257. The second kappa shape index (κ2) is 14.3. The maximum absolute atomic E-state index is 10.6. The van der Waals surface area contributed by atoms with Gasteiger partial charge < -0.3 is 19.5 Å². The Morgan fingerprint density at radius 1 is 0.969 bits per heavy atom. The molecule has 0 aromatic heterocycles. The Kier molecular flexibility index (Phi) is 11.0. The SMILES string of the molecule is O=[PH](O)OCCCNCc1ccc(OCCCCCc2ccccc2)c(C2=CCCC2)c1. The predicted octanol–water partition coefficient (Wildman–Crippen LogP) is 5.92. The molecule has 0 saturated carbocycles. The standard InChI is InChI=1S/C26H36NO4P/c28-32(29)31-19-9-17-27-21-23-15-16-26(25(20-23)24-13-6-7-14-24)30-18-8-2-5-12-22-10-3-1-4-11-22/h1,3-4,10-11,13,15-16,20,27,32H,2,5-9,12,14,17-19,21H2,(H,28,29). The first-order valence-corrected chi connectivity index (χ1v) is 13.0. The molecule has 0 fully saturated rings. The average Bonchev–Trinajstić information content (AvgIpc) is 3.34. The lowest BCUT2D eigenvalue weighted by Gasteiger charge is -2.15. The molecular formula is C26H36NO4P. The van der Waals surface area contributed by atoms with Crippen LogP contribution in [-0.4, -0.2) is 24.7 Å². The van der Waals surface area contributed by atoms with Crippen LogP contribution in [-0.2, 0) is 22.1 Å². The molecule has 0 aliphatic heterocycles. The van der Waals surface area contributed by atoms with Gasteiger partial charge in [0.05, 0.1) is 13.2 Å². The highest BCUT2D eigenvalue weighted by Crippen LogP contribution is 2.34. The molecule has 6 heteroatoms. The lowest BCUT2D eigenvalue weighted by atomic mass is 10.0. The van der Waals surface area contributed by atoms with Crippen molar-refractivity contribution in [2.75, 3.05) is 19.8 Å². The normalized spacial score (nSPS) is 14.3.